The lowest BCUT2D eigenvalue weighted by atomic mass is 10.1. The van der Waals surface area contributed by atoms with Gasteiger partial charge in [0.15, 0.2) is 5.78 Å². The summed E-state index contributed by atoms with van der Waals surface area (Å²) in [6.07, 6.45) is 1.66. The number of Topliss-reactive ketones (excluding diaryl/α,β-unsaturated/α-hetero) is 1. The van der Waals surface area contributed by atoms with Gasteiger partial charge in [0.05, 0.1) is 18.8 Å². The molecule has 1 heterocycles. The van der Waals surface area contributed by atoms with Gasteiger partial charge in [-0.2, -0.15) is 0 Å². The molecular formula is C12H11NO2. The molecule has 3 nitrogen and oxygen atoms in total. The molecule has 1 aromatic heterocycles. The van der Waals surface area contributed by atoms with Gasteiger partial charge in [-0.25, -0.2) is 0 Å². The van der Waals surface area contributed by atoms with Crippen molar-refractivity contribution in [1.82, 2.24) is 4.98 Å². The van der Waals surface area contributed by atoms with E-state index in [1.165, 1.54) is 0 Å². The summed E-state index contributed by atoms with van der Waals surface area (Å²) < 4.78 is 5.08. The fourth-order valence-corrected chi connectivity index (χ4v) is 1.44. The van der Waals surface area contributed by atoms with E-state index in [0.29, 0.717) is 11.3 Å². The number of nitrogens with zero attached hydrogens (tertiary/aromatic N) is 1. The number of carbonyl (C=O) groups is 1. The van der Waals surface area contributed by atoms with E-state index in [2.05, 4.69) is 4.98 Å². The predicted octanol–water partition coefficient (Wildman–Crippen LogP) is 2.45. The van der Waals surface area contributed by atoms with Crippen LogP contribution in [0.15, 0.2) is 30.5 Å². The van der Waals surface area contributed by atoms with Crippen molar-refractivity contribution >= 4 is 16.7 Å². The van der Waals surface area contributed by atoms with Crippen molar-refractivity contribution in [2.75, 3.05) is 7.11 Å². The first kappa shape index (κ1) is 9.65. The summed E-state index contributed by atoms with van der Waals surface area (Å²) in [5.41, 5.74) is 1.55. The number of hydrogen-bond donors (Lipinski definition) is 0. The lowest BCUT2D eigenvalue weighted by Crippen LogP contribution is -1.92. The smallest absolute Gasteiger partial charge is 0.159 e. The monoisotopic (exact) mass is 201 g/mol. The van der Waals surface area contributed by atoms with E-state index in [9.17, 15) is 4.79 Å². The van der Waals surface area contributed by atoms with Crippen LogP contribution in [0.3, 0.4) is 0 Å². The summed E-state index contributed by atoms with van der Waals surface area (Å²) in [5.74, 6) is 0.753. The summed E-state index contributed by atoms with van der Waals surface area (Å²) in [5, 5.41) is 0.919. The number of ether oxygens (including phenoxy) is 1. The van der Waals surface area contributed by atoms with Gasteiger partial charge in [0.2, 0.25) is 0 Å². The van der Waals surface area contributed by atoms with Crippen LogP contribution in [0.2, 0.25) is 0 Å². The third kappa shape index (κ3) is 1.81. The molecule has 76 valence electrons. The molecule has 0 N–H and O–H groups in total. The SMILES string of the molecule is COc1cnc2ccc(C(C)=O)cc2c1. The minimum atomic E-state index is 0.0553. The Labute approximate surface area is 87.7 Å². The number of carbonyl (C=O) groups excluding carboxylic acids is 1. The molecule has 0 saturated heterocycles. The molecule has 0 unspecified atom stereocenters. The second kappa shape index (κ2) is 3.69. The van der Waals surface area contributed by atoms with E-state index in [0.717, 1.165) is 10.9 Å². The Morgan fingerprint density at radius 1 is 1.33 bits per heavy atom. The van der Waals surface area contributed by atoms with Crippen molar-refractivity contribution in [2.24, 2.45) is 0 Å². The zero-order valence-electron chi connectivity index (χ0n) is 8.65. The van der Waals surface area contributed by atoms with E-state index >= 15 is 0 Å². The lowest BCUT2D eigenvalue weighted by Gasteiger charge is -2.02. The van der Waals surface area contributed by atoms with Gasteiger partial charge in [-0.15, -0.1) is 0 Å². The normalized spacial score (nSPS) is 10.3. The first-order valence-electron chi connectivity index (χ1n) is 4.65. The molecule has 15 heavy (non-hydrogen) atoms. The van der Waals surface area contributed by atoms with Gasteiger partial charge in [-0.05, 0) is 31.2 Å². The van der Waals surface area contributed by atoms with Crippen LogP contribution in [0.25, 0.3) is 10.9 Å². The Morgan fingerprint density at radius 3 is 2.80 bits per heavy atom. The number of rotatable bonds is 2. The molecule has 0 aliphatic rings. The summed E-state index contributed by atoms with van der Waals surface area (Å²) in [7, 11) is 1.59. The largest absolute Gasteiger partial charge is 0.495 e. The van der Waals surface area contributed by atoms with Gasteiger partial charge >= 0.3 is 0 Å². The molecule has 0 fully saturated rings. The van der Waals surface area contributed by atoms with Crippen molar-refractivity contribution in [3.05, 3.63) is 36.0 Å². The predicted molar refractivity (Wildman–Crippen MR) is 58.3 cm³/mol. The number of aromatic nitrogens is 1. The van der Waals surface area contributed by atoms with Crippen LogP contribution < -0.4 is 4.74 Å². The molecular weight excluding hydrogens is 190 g/mol. The van der Waals surface area contributed by atoms with Crippen molar-refractivity contribution in [3.8, 4) is 5.75 Å². The van der Waals surface area contributed by atoms with Gasteiger partial charge in [0.1, 0.15) is 5.75 Å². The molecule has 0 aliphatic heterocycles. The van der Waals surface area contributed by atoms with Gasteiger partial charge in [0.25, 0.3) is 0 Å². The zero-order chi connectivity index (χ0) is 10.8. The molecule has 1 aromatic carbocycles. The third-order valence-electron chi connectivity index (χ3n) is 2.30. The molecule has 0 radical (unpaired) electrons. The number of hydrogen-bond acceptors (Lipinski definition) is 3. The minimum absolute atomic E-state index is 0.0553. The molecule has 0 aliphatic carbocycles. The molecule has 0 bridgehead atoms. The molecule has 0 spiro atoms. The average molecular weight is 201 g/mol. The number of pyridine rings is 1. The third-order valence-corrected chi connectivity index (χ3v) is 2.30. The summed E-state index contributed by atoms with van der Waals surface area (Å²) in [6.45, 7) is 1.55. The highest BCUT2D eigenvalue weighted by Gasteiger charge is 2.02. The van der Waals surface area contributed by atoms with Crippen LogP contribution in [0.5, 0.6) is 5.75 Å². The number of fused-ring (bicyclic) bond motifs is 1. The second-order valence-electron chi connectivity index (χ2n) is 3.34. The van der Waals surface area contributed by atoms with Crippen LogP contribution in [0, 0.1) is 0 Å². The van der Waals surface area contributed by atoms with E-state index < -0.39 is 0 Å². The van der Waals surface area contributed by atoms with Crippen LogP contribution in [0.4, 0.5) is 0 Å². The van der Waals surface area contributed by atoms with Gasteiger partial charge in [0, 0.05) is 10.9 Å². The zero-order valence-corrected chi connectivity index (χ0v) is 8.65. The summed E-state index contributed by atoms with van der Waals surface area (Å²) >= 11 is 0. The van der Waals surface area contributed by atoms with Crippen molar-refractivity contribution in [1.29, 1.82) is 0 Å². The fourth-order valence-electron chi connectivity index (χ4n) is 1.44. The molecule has 2 aromatic rings. The quantitative estimate of drug-likeness (QED) is 0.700. The van der Waals surface area contributed by atoms with Crippen LogP contribution in [-0.2, 0) is 0 Å². The minimum Gasteiger partial charge on any atom is -0.495 e. The Bertz CT molecular complexity index is 520. The maximum absolute atomic E-state index is 11.2. The number of benzene rings is 1. The molecule has 0 amide bonds. The highest BCUT2D eigenvalue weighted by atomic mass is 16.5. The summed E-state index contributed by atoms with van der Waals surface area (Å²) in [4.78, 5) is 15.4. The maximum atomic E-state index is 11.2. The molecule has 0 saturated carbocycles. The number of methoxy groups -OCH3 is 1. The standard InChI is InChI=1S/C12H11NO2/c1-8(14)9-3-4-12-10(5-9)6-11(15-2)7-13-12/h3-7H,1-2H3. The Kier molecular flexibility index (Phi) is 2.37. The van der Waals surface area contributed by atoms with E-state index in [4.69, 9.17) is 4.74 Å². The Hall–Kier alpha value is -1.90. The second-order valence-corrected chi connectivity index (χ2v) is 3.34. The summed E-state index contributed by atoms with van der Waals surface area (Å²) in [6, 6.07) is 7.32. The topological polar surface area (TPSA) is 39.2 Å². The highest BCUT2D eigenvalue weighted by molar-refractivity contribution is 5.97. The lowest BCUT2D eigenvalue weighted by molar-refractivity contribution is 0.101. The van der Waals surface area contributed by atoms with Crippen LogP contribution >= 0.6 is 0 Å². The van der Waals surface area contributed by atoms with Crippen LogP contribution in [-0.4, -0.2) is 17.9 Å². The van der Waals surface area contributed by atoms with Gasteiger partial charge in [-0.3, -0.25) is 9.78 Å². The van der Waals surface area contributed by atoms with Crippen molar-refractivity contribution in [3.63, 3.8) is 0 Å². The fraction of sp³-hybridized carbons (Fsp3) is 0.167. The maximum Gasteiger partial charge on any atom is 0.159 e. The average Bonchev–Trinajstić information content (AvgIpc) is 2.27. The van der Waals surface area contributed by atoms with Crippen LogP contribution in [0.1, 0.15) is 17.3 Å². The first-order chi connectivity index (χ1) is 7.20. The Morgan fingerprint density at radius 2 is 2.13 bits per heavy atom. The van der Waals surface area contributed by atoms with Gasteiger partial charge in [-0.1, -0.05) is 0 Å². The van der Waals surface area contributed by atoms with E-state index in [-0.39, 0.29) is 5.78 Å². The Balaban J connectivity index is 2.62. The first-order valence-corrected chi connectivity index (χ1v) is 4.65. The van der Waals surface area contributed by atoms with E-state index in [1.54, 1.807) is 26.3 Å². The van der Waals surface area contributed by atoms with Crippen molar-refractivity contribution < 1.29 is 9.53 Å². The van der Waals surface area contributed by atoms with Crippen molar-refractivity contribution in [2.45, 2.75) is 6.92 Å². The molecule has 3 heteroatoms. The molecule has 2 rings (SSSR count). The van der Waals surface area contributed by atoms with Gasteiger partial charge < -0.3 is 4.74 Å². The highest BCUT2D eigenvalue weighted by Crippen LogP contribution is 2.19. The van der Waals surface area contributed by atoms with E-state index in [1.807, 2.05) is 18.2 Å². The molecule has 0 atom stereocenters. The number of ketones is 1.